The van der Waals surface area contributed by atoms with Crippen LogP contribution in [0.2, 0.25) is 0 Å². The summed E-state index contributed by atoms with van der Waals surface area (Å²) in [5.41, 5.74) is 0.631. The standard InChI is InChI=1S/C12H14F2N2O2/c1-2-9-12(18)16(3-4-17)11-6-8(14)7(13)5-10(11)15-9/h5-6,9,15,17H,2-4H2,1H3. The Labute approximate surface area is 103 Å². The monoisotopic (exact) mass is 256 g/mol. The molecule has 0 spiro atoms. The smallest absolute Gasteiger partial charge is 0.249 e. The normalized spacial score (nSPS) is 18.6. The number of nitrogens with one attached hydrogen (secondary N) is 1. The Balaban J connectivity index is 2.48. The third-order valence-electron chi connectivity index (χ3n) is 2.96. The molecular formula is C12H14F2N2O2. The van der Waals surface area contributed by atoms with Crippen LogP contribution in [0.15, 0.2) is 12.1 Å². The maximum Gasteiger partial charge on any atom is 0.249 e. The molecule has 0 aromatic heterocycles. The van der Waals surface area contributed by atoms with Crippen LogP contribution in [0.5, 0.6) is 0 Å². The largest absolute Gasteiger partial charge is 0.395 e. The maximum atomic E-state index is 13.2. The van der Waals surface area contributed by atoms with Crippen molar-refractivity contribution < 1.29 is 18.7 Å². The second kappa shape index (κ2) is 4.89. The zero-order valence-corrected chi connectivity index (χ0v) is 9.91. The van der Waals surface area contributed by atoms with E-state index in [0.29, 0.717) is 12.1 Å². The van der Waals surface area contributed by atoms with Crippen molar-refractivity contribution >= 4 is 17.3 Å². The number of nitrogens with zero attached hydrogens (tertiary/aromatic N) is 1. The molecule has 0 saturated heterocycles. The number of hydrogen-bond donors (Lipinski definition) is 2. The molecule has 1 unspecified atom stereocenters. The number of halogens is 2. The molecule has 1 atom stereocenters. The molecule has 0 aliphatic carbocycles. The minimum atomic E-state index is -1.01. The van der Waals surface area contributed by atoms with E-state index in [1.807, 2.05) is 6.92 Å². The summed E-state index contributed by atoms with van der Waals surface area (Å²) in [7, 11) is 0. The molecule has 18 heavy (non-hydrogen) atoms. The first-order valence-electron chi connectivity index (χ1n) is 5.76. The van der Waals surface area contributed by atoms with Gasteiger partial charge in [-0.3, -0.25) is 4.79 Å². The molecule has 0 radical (unpaired) electrons. The van der Waals surface area contributed by atoms with Crippen molar-refractivity contribution in [1.82, 2.24) is 0 Å². The van der Waals surface area contributed by atoms with Gasteiger partial charge in [-0.2, -0.15) is 0 Å². The molecule has 1 aromatic rings. The SMILES string of the molecule is CCC1Nc2cc(F)c(F)cc2N(CCO)C1=O. The lowest BCUT2D eigenvalue weighted by molar-refractivity contribution is -0.119. The molecule has 98 valence electrons. The molecule has 4 nitrogen and oxygen atoms in total. The summed E-state index contributed by atoms with van der Waals surface area (Å²) in [6.45, 7) is 1.65. The van der Waals surface area contributed by atoms with Gasteiger partial charge in [0.25, 0.3) is 0 Å². The van der Waals surface area contributed by atoms with E-state index in [0.717, 1.165) is 12.1 Å². The first-order chi connectivity index (χ1) is 8.58. The van der Waals surface area contributed by atoms with Crippen LogP contribution < -0.4 is 10.2 Å². The van der Waals surface area contributed by atoms with Crippen LogP contribution in [-0.4, -0.2) is 30.2 Å². The number of aliphatic hydroxyl groups is 1. The van der Waals surface area contributed by atoms with Crippen LogP contribution in [-0.2, 0) is 4.79 Å². The van der Waals surface area contributed by atoms with Crippen LogP contribution in [0.3, 0.4) is 0 Å². The number of anilines is 2. The molecule has 1 aliphatic rings. The number of benzene rings is 1. The van der Waals surface area contributed by atoms with Crippen molar-refractivity contribution in [3.05, 3.63) is 23.8 Å². The van der Waals surface area contributed by atoms with Gasteiger partial charge >= 0.3 is 0 Å². The summed E-state index contributed by atoms with van der Waals surface area (Å²) in [5, 5.41) is 11.8. The quantitative estimate of drug-likeness (QED) is 0.861. The van der Waals surface area contributed by atoms with Gasteiger partial charge in [0, 0.05) is 18.7 Å². The first kappa shape index (κ1) is 12.8. The maximum absolute atomic E-state index is 13.2. The summed E-state index contributed by atoms with van der Waals surface area (Å²) >= 11 is 0. The predicted octanol–water partition coefficient (Wildman–Crippen LogP) is 1.49. The summed E-state index contributed by atoms with van der Waals surface area (Å²) < 4.78 is 26.4. The average Bonchev–Trinajstić information content (AvgIpc) is 2.35. The molecule has 1 amide bonds. The highest BCUT2D eigenvalue weighted by atomic mass is 19.2. The van der Waals surface area contributed by atoms with Gasteiger partial charge in [-0.1, -0.05) is 6.92 Å². The number of rotatable bonds is 3. The highest BCUT2D eigenvalue weighted by Crippen LogP contribution is 2.33. The number of carbonyl (C=O) groups excluding carboxylic acids is 1. The van der Waals surface area contributed by atoms with Crippen molar-refractivity contribution in [1.29, 1.82) is 0 Å². The van der Waals surface area contributed by atoms with Crippen molar-refractivity contribution in [3.8, 4) is 0 Å². The lowest BCUT2D eigenvalue weighted by Crippen LogP contribution is -2.48. The average molecular weight is 256 g/mol. The number of fused-ring (bicyclic) bond motifs is 1. The van der Waals surface area contributed by atoms with Gasteiger partial charge in [0.05, 0.1) is 18.0 Å². The van der Waals surface area contributed by atoms with E-state index < -0.39 is 17.7 Å². The zero-order valence-electron chi connectivity index (χ0n) is 9.91. The molecule has 2 N–H and O–H groups in total. The summed E-state index contributed by atoms with van der Waals surface area (Å²) in [4.78, 5) is 13.3. The van der Waals surface area contributed by atoms with Gasteiger partial charge in [-0.25, -0.2) is 8.78 Å². The number of amides is 1. The summed E-state index contributed by atoms with van der Waals surface area (Å²) in [6, 6.07) is 1.52. The Hall–Kier alpha value is -1.69. The molecule has 0 bridgehead atoms. The minimum absolute atomic E-state index is 0.0646. The van der Waals surface area contributed by atoms with Crippen LogP contribution in [0.1, 0.15) is 13.3 Å². The van der Waals surface area contributed by atoms with Gasteiger partial charge in [0.2, 0.25) is 5.91 Å². The molecule has 2 rings (SSSR count). The predicted molar refractivity (Wildman–Crippen MR) is 63.5 cm³/mol. The number of hydrogen-bond acceptors (Lipinski definition) is 3. The van der Waals surface area contributed by atoms with Gasteiger partial charge in [-0.15, -0.1) is 0 Å². The van der Waals surface area contributed by atoms with E-state index in [-0.39, 0.29) is 24.7 Å². The van der Waals surface area contributed by atoms with Crippen LogP contribution in [0, 0.1) is 11.6 Å². The number of β-amino-alcohol motifs (C(OH)–C–C–N with tert-alkyl or cyclic N) is 1. The first-order valence-corrected chi connectivity index (χ1v) is 5.76. The van der Waals surface area contributed by atoms with Crippen LogP contribution >= 0.6 is 0 Å². The minimum Gasteiger partial charge on any atom is -0.395 e. The Morgan fingerprint density at radius 1 is 1.39 bits per heavy atom. The third kappa shape index (κ3) is 2.03. The van der Waals surface area contributed by atoms with Crippen molar-refractivity contribution in [3.63, 3.8) is 0 Å². The Kier molecular flexibility index (Phi) is 3.47. The van der Waals surface area contributed by atoms with Crippen LogP contribution in [0.25, 0.3) is 0 Å². The van der Waals surface area contributed by atoms with Gasteiger partial charge in [0.1, 0.15) is 6.04 Å². The van der Waals surface area contributed by atoms with E-state index in [1.165, 1.54) is 4.90 Å². The molecule has 1 aromatic carbocycles. The van der Waals surface area contributed by atoms with Crippen molar-refractivity contribution in [2.75, 3.05) is 23.4 Å². The zero-order chi connectivity index (χ0) is 13.3. The molecular weight excluding hydrogens is 242 g/mol. The van der Waals surface area contributed by atoms with E-state index >= 15 is 0 Å². The Morgan fingerprint density at radius 2 is 2.06 bits per heavy atom. The van der Waals surface area contributed by atoms with Gasteiger partial charge in [0.15, 0.2) is 11.6 Å². The molecule has 0 saturated carbocycles. The summed E-state index contributed by atoms with van der Waals surface area (Å²) in [5.74, 6) is -2.22. The van der Waals surface area contributed by atoms with Crippen molar-refractivity contribution in [2.45, 2.75) is 19.4 Å². The van der Waals surface area contributed by atoms with E-state index in [9.17, 15) is 13.6 Å². The fourth-order valence-electron chi connectivity index (χ4n) is 2.04. The van der Waals surface area contributed by atoms with E-state index in [2.05, 4.69) is 5.32 Å². The Bertz CT molecular complexity index is 479. The second-order valence-electron chi connectivity index (χ2n) is 4.10. The van der Waals surface area contributed by atoms with Crippen molar-refractivity contribution in [2.24, 2.45) is 0 Å². The molecule has 1 aliphatic heterocycles. The lowest BCUT2D eigenvalue weighted by atomic mass is 10.1. The lowest BCUT2D eigenvalue weighted by Gasteiger charge is -2.34. The molecule has 6 heteroatoms. The fourth-order valence-corrected chi connectivity index (χ4v) is 2.04. The highest BCUT2D eigenvalue weighted by Gasteiger charge is 2.31. The van der Waals surface area contributed by atoms with E-state index in [4.69, 9.17) is 5.11 Å². The van der Waals surface area contributed by atoms with E-state index in [1.54, 1.807) is 0 Å². The topological polar surface area (TPSA) is 52.6 Å². The van der Waals surface area contributed by atoms with Gasteiger partial charge < -0.3 is 15.3 Å². The van der Waals surface area contributed by atoms with Gasteiger partial charge in [-0.05, 0) is 6.42 Å². The summed E-state index contributed by atoms with van der Waals surface area (Å²) in [6.07, 6.45) is 0.527. The third-order valence-corrected chi connectivity index (χ3v) is 2.96. The second-order valence-corrected chi connectivity index (χ2v) is 4.10. The number of carbonyl (C=O) groups is 1. The number of aliphatic hydroxyl groups excluding tert-OH is 1. The highest BCUT2D eigenvalue weighted by molar-refractivity contribution is 6.04. The Morgan fingerprint density at radius 3 is 2.67 bits per heavy atom. The molecule has 1 heterocycles. The fraction of sp³-hybridized carbons (Fsp3) is 0.417. The van der Waals surface area contributed by atoms with Crippen LogP contribution in [0.4, 0.5) is 20.2 Å². The molecule has 0 fully saturated rings.